The predicted octanol–water partition coefficient (Wildman–Crippen LogP) is 1.09. The van der Waals surface area contributed by atoms with Gasteiger partial charge in [0, 0.05) is 13.2 Å². The molecule has 0 spiro atoms. The second-order valence-electron chi connectivity index (χ2n) is 3.65. The molecular formula is C11H10N4O2S. The average Bonchev–Trinajstić information content (AvgIpc) is 2.76. The van der Waals surface area contributed by atoms with Crippen LogP contribution in [0.15, 0.2) is 41.6 Å². The van der Waals surface area contributed by atoms with Crippen LogP contribution in [-0.4, -0.2) is 18.2 Å². The third-order valence-corrected chi connectivity index (χ3v) is 3.57. The van der Waals surface area contributed by atoms with Crippen molar-refractivity contribution in [3.8, 4) is 6.07 Å². The fourth-order valence-corrected chi connectivity index (χ4v) is 2.44. The van der Waals surface area contributed by atoms with Gasteiger partial charge in [-0.05, 0) is 18.2 Å². The maximum atomic E-state index is 12.0. The molecule has 0 radical (unpaired) electrons. The molecule has 0 bridgehead atoms. The Bertz CT molecular complexity index is 713. The van der Waals surface area contributed by atoms with Gasteiger partial charge in [-0.3, -0.25) is 9.40 Å². The van der Waals surface area contributed by atoms with Gasteiger partial charge in [0.25, 0.3) is 10.0 Å². The van der Waals surface area contributed by atoms with E-state index in [1.54, 1.807) is 25.2 Å². The van der Waals surface area contributed by atoms with E-state index in [0.29, 0.717) is 11.3 Å². The van der Waals surface area contributed by atoms with E-state index in [4.69, 9.17) is 5.26 Å². The van der Waals surface area contributed by atoms with Crippen LogP contribution in [0.1, 0.15) is 5.56 Å². The number of benzene rings is 1. The highest BCUT2D eigenvalue weighted by molar-refractivity contribution is 7.92. The van der Waals surface area contributed by atoms with Crippen LogP contribution >= 0.6 is 0 Å². The minimum absolute atomic E-state index is 0.0763. The van der Waals surface area contributed by atoms with Gasteiger partial charge >= 0.3 is 0 Å². The Kier molecular flexibility index (Phi) is 3.04. The number of aryl methyl sites for hydroxylation is 1. The highest BCUT2D eigenvalue weighted by Gasteiger charge is 2.16. The molecule has 6 nitrogen and oxygen atoms in total. The predicted molar refractivity (Wildman–Crippen MR) is 65.2 cm³/mol. The lowest BCUT2D eigenvalue weighted by Crippen LogP contribution is -2.12. The second kappa shape index (κ2) is 4.50. The van der Waals surface area contributed by atoms with Gasteiger partial charge < -0.3 is 0 Å². The number of rotatable bonds is 3. The minimum atomic E-state index is -3.66. The van der Waals surface area contributed by atoms with Gasteiger partial charge in [-0.15, -0.1) is 0 Å². The molecule has 1 aromatic carbocycles. The van der Waals surface area contributed by atoms with Crippen molar-refractivity contribution in [2.24, 2.45) is 7.05 Å². The number of nitrogens with zero attached hydrogens (tertiary/aromatic N) is 3. The van der Waals surface area contributed by atoms with Gasteiger partial charge in [-0.1, -0.05) is 6.07 Å². The Labute approximate surface area is 105 Å². The lowest BCUT2D eigenvalue weighted by atomic mass is 10.2. The smallest absolute Gasteiger partial charge is 0.265 e. The van der Waals surface area contributed by atoms with Gasteiger partial charge in [-0.25, -0.2) is 8.42 Å². The molecule has 7 heteroatoms. The van der Waals surface area contributed by atoms with Crippen LogP contribution < -0.4 is 4.72 Å². The van der Waals surface area contributed by atoms with Crippen molar-refractivity contribution >= 4 is 15.7 Å². The maximum absolute atomic E-state index is 12.0. The number of sulfonamides is 1. The van der Waals surface area contributed by atoms with Crippen LogP contribution in [-0.2, 0) is 17.1 Å². The van der Waals surface area contributed by atoms with Crippen LogP contribution in [0.3, 0.4) is 0 Å². The Morgan fingerprint density at radius 3 is 2.83 bits per heavy atom. The topological polar surface area (TPSA) is 87.8 Å². The first kappa shape index (κ1) is 12.1. The van der Waals surface area contributed by atoms with Gasteiger partial charge in [0.2, 0.25) is 0 Å². The fraction of sp³-hybridized carbons (Fsp3) is 0.0909. The SMILES string of the molecule is Cn1cc(S(=O)(=O)Nc2cccc(C#N)c2)cn1. The monoisotopic (exact) mass is 262 g/mol. The molecule has 0 saturated heterocycles. The third kappa shape index (κ3) is 2.49. The number of anilines is 1. The van der Waals surface area contributed by atoms with E-state index in [1.165, 1.54) is 23.1 Å². The molecule has 2 rings (SSSR count). The number of hydrogen-bond donors (Lipinski definition) is 1. The van der Waals surface area contributed by atoms with Crippen molar-refractivity contribution in [3.05, 3.63) is 42.2 Å². The number of nitriles is 1. The molecule has 0 fully saturated rings. The minimum Gasteiger partial charge on any atom is -0.279 e. The van der Waals surface area contributed by atoms with Crippen LogP contribution in [0.5, 0.6) is 0 Å². The molecule has 0 aliphatic carbocycles. The van der Waals surface area contributed by atoms with Crippen molar-refractivity contribution in [2.45, 2.75) is 4.90 Å². The summed E-state index contributed by atoms with van der Waals surface area (Å²) in [5.74, 6) is 0. The summed E-state index contributed by atoms with van der Waals surface area (Å²) in [6.45, 7) is 0. The summed E-state index contributed by atoms with van der Waals surface area (Å²) in [5.41, 5.74) is 0.735. The van der Waals surface area contributed by atoms with E-state index < -0.39 is 10.0 Å². The van der Waals surface area contributed by atoms with Gasteiger partial charge in [-0.2, -0.15) is 10.4 Å². The molecule has 0 aliphatic rings. The van der Waals surface area contributed by atoms with Crippen molar-refractivity contribution in [2.75, 3.05) is 4.72 Å². The molecule has 18 heavy (non-hydrogen) atoms. The summed E-state index contributed by atoms with van der Waals surface area (Å²) in [4.78, 5) is 0.0763. The van der Waals surface area contributed by atoms with Gasteiger partial charge in [0.05, 0.1) is 23.5 Å². The van der Waals surface area contributed by atoms with E-state index in [9.17, 15) is 8.42 Å². The summed E-state index contributed by atoms with van der Waals surface area (Å²) in [7, 11) is -2.03. The Hall–Kier alpha value is -2.33. The standard InChI is InChI=1S/C11H10N4O2S/c1-15-8-11(7-13-15)18(16,17)14-10-4-2-3-9(5-10)6-12/h2-5,7-8,14H,1H3. The van der Waals surface area contributed by atoms with Crippen molar-refractivity contribution in [1.29, 1.82) is 5.26 Å². The molecule has 0 aliphatic heterocycles. The lowest BCUT2D eigenvalue weighted by molar-refractivity contribution is 0.601. The van der Waals surface area contributed by atoms with Gasteiger partial charge in [0.15, 0.2) is 0 Å². The molecule has 0 amide bonds. The van der Waals surface area contributed by atoms with Crippen molar-refractivity contribution in [3.63, 3.8) is 0 Å². The van der Waals surface area contributed by atoms with E-state index >= 15 is 0 Å². The first-order valence-corrected chi connectivity index (χ1v) is 6.51. The molecule has 1 aromatic heterocycles. The van der Waals surface area contributed by atoms with Gasteiger partial charge in [0.1, 0.15) is 4.90 Å². The zero-order valence-electron chi connectivity index (χ0n) is 9.53. The molecule has 0 atom stereocenters. The lowest BCUT2D eigenvalue weighted by Gasteiger charge is -2.05. The molecule has 0 unspecified atom stereocenters. The molecule has 2 aromatic rings. The zero-order chi connectivity index (χ0) is 13.2. The van der Waals surface area contributed by atoms with E-state index in [-0.39, 0.29) is 4.90 Å². The fourth-order valence-electron chi connectivity index (χ4n) is 1.40. The molecule has 0 saturated carbocycles. The van der Waals surface area contributed by atoms with Crippen molar-refractivity contribution in [1.82, 2.24) is 9.78 Å². The average molecular weight is 262 g/mol. The number of nitrogens with one attached hydrogen (secondary N) is 1. The van der Waals surface area contributed by atoms with E-state index in [1.807, 2.05) is 6.07 Å². The molecule has 92 valence electrons. The summed E-state index contributed by atoms with van der Waals surface area (Å²) in [6, 6.07) is 8.20. The summed E-state index contributed by atoms with van der Waals surface area (Å²) < 4.78 is 27.7. The highest BCUT2D eigenvalue weighted by atomic mass is 32.2. The molecule has 1 heterocycles. The number of hydrogen-bond acceptors (Lipinski definition) is 4. The van der Waals surface area contributed by atoms with Crippen LogP contribution in [0, 0.1) is 11.3 Å². The number of aromatic nitrogens is 2. The Morgan fingerprint density at radius 2 is 2.22 bits per heavy atom. The van der Waals surface area contributed by atoms with Crippen LogP contribution in [0.25, 0.3) is 0 Å². The quantitative estimate of drug-likeness (QED) is 0.896. The highest BCUT2D eigenvalue weighted by Crippen LogP contribution is 2.16. The largest absolute Gasteiger partial charge is 0.279 e. The Morgan fingerprint density at radius 1 is 1.44 bits per heavy atom. The zero-order valence-corrected chi connectivity index (χ0v) is 10.3. The van der Waals surface area contributed by atoms with E-state index in [0.717, 1.165) is 0 Å². The third-order valence-electron chi connectivity index (χ3n) is 2.24. The summed E-state index contributed by atoms with van der Waals surface area (Å²) in [5, 5.41) is 12.5. The normalized spacial score (nSPS) is 10.9. The Balaban J connectivity index is 2.31. The molecule has 1 N–H and O–H groups in total. The summed E-state index contributed by atoms with van der Waals surface area (Å²) in [6.07, 6.45) is 2.66. The summed E-state index contributed by atoms with van der Waals surface area (Å²) >= 11 is 0. The molecular weight excluding hydrogens is 252 g/mol. The maximum Gasteiger partial charge on any atom is 0.265 e. The van der Waals surface area contributed by atoms with Crippen molar-refractivity contribution < 1.29 is 8.42 Å². The van der Waals surface area contributed by atoms with Crippen LogP contribution in [0.4, 0.5) is 5.69 Å². The van der Waals surface area contributed by atoms with Crippen LogP contribution in [0.2, 0.25) is 0 Å². The van der Waals surface area contributed by atoms with E-state index in [2.05, 4.69) is 9.82 Å². The first-order valence-electron chi connectivity index (χ1n) is 5.03. The second-order valence-corrected chi connectivity index (χ2v) is 5.33. The first-order chi connectivity index (χ1) is 8.51.